The Morgan fingerprint density at radius 1 is 1.15 bits per heavy atom. The van der Waals surface area contributed by atoms with Gasteiger partial charge in [0.15, 0.2) is 0 Å². The van der Waals surface area contributed by atoms with Crippen LogP contribution in [0.5, 0.6) is 0 Å². The van der Waals surface area contributed by atoms with Crippen molar-refractivity contribution in [2.75, 3.05) is 6.54 Å². The van der Waals surface area contributed by atoms with Crippen LogP contribution in [0.25, 0.3) is 0 Å². The zero-order valence-corrected chi connectivity index (χ0v) is 17.0. The van der Waals surface area contributed by atoms with Crippen molar-refractivity contribution in [2.45, 2.75) is 44.0 Å². The molecule has 0 radical (unpaired) electrons. The van der Waals surface area contributed by atoms with Gasteiger partial charge in [0.1, 0.15) is 0 Å². The van der Waals surface area contributed by atoms with Crippen LogP contribution in [0.3, 0.4) is 0 Å². The molecule has 3 rings (SSSR count). The van der Waals surface area contributed by atoms with Crippen LogP contribution in [0, 0.1) is 13.8 Å². The minimum atomic E-state index is -3.62. The molecule has 0 aliphatic heterocycles. The first kappa shape index (κ1) is 19.9. The molecular formula is C20H23ClN2O3S. The van der Waals surface area contributed by atoms with Gasteiger partial charge in [-0.3, -0.25) is 4.79 Å². The van der Waals surface area contributed by atoms with Gasteiger partial charge in [-0.2, -0.15) is 0 Å². The van der Waals surface area contributed by atoms with Crippen LogP contribution in [0.15, 0.2) is 41.3 Å². The number of carbonyl (C=O) groups is 1. The third kappa shape index (κ3) is 4.69. The van der Waals surface area contributed by atoms with Crippen LogP contribution in [0.1, 0.15) is 41.1 Å². The molecule has 7 heteroatoms. The Hall–Kier alpha value is -1.89. The fourth-order valence-corrected chi connectivity index (χ4v) is 4.58. The van der Waals surface area contributed by atoms with Crippen molar-refractivity contribution in [1.29, 1.82) is 0 Å². The Balaban J connectivity index is 1.54. The summed E-state index contributed by atoms with van der Waals surface area (Å²) in [6.07, 6.45) is 1.79. The Bertz CT molecular complexity index is 973. The highest BCUT2D eigenvalue weighted by molar-refractivity contribution is 7.89. The summed E-state index contributed by atoms with van der Waals surface area (Å²) in [5.74, 6) is -0.175. The zero-order valence-electron chi connectivity index (χ0n) is 15.4. The lowest BCUT2D eigenvalue weighted by Crippen LogP contribution is -2.32. The van der Waals surface area contributed by atoms with Crippen LogP contribution < -0.4 is 10.0 Å². The molecule has 1 unspecified atom stereocenters. The predicted molar refractivity (Wildman–Crippen MR) is 106 cm³/mol. The second-order valence-electron chi connectivity index (χ2n) is 6.90. The van der Waals surface area contributed by atoms with E-state index >= 15 is 0 Å². The van der Waals surface area contributed by atoms with E-state index in [2.05, 4.69) is 10.0 Å². The van der Waals surface area contributed by atoms with E-state index < -0.39 is 10.0 Å². The molecule has 0 aromatic heterocycles. The standard InChI is InChI=1S/C20H23ClN2O3S/c1-13-3-6-17(11-14(13)2)27(25,26)22-10-9-20(24)23-19-8-4-15-12-16(21)5-7-18(15)19/h3,5-7,11-12,19,22H,4,8-10H2,1-2H3,(H,23,24). The maximum Gasteiger partial charge on any atom is 0.240 e. The number of fused-ring (bicyclic) bond motifs is 1. The first-order valence-electron chi connectivity index (χ1n) is 8.91. The van der Waals surface area contributed by atoms with Crippen LogP contribution in [0.4, 0.5) is 0 Å². The smallest absolute Gasteiger partial charge is 0.240 e. The number of sulfonamides is 1. The summed E-state index contributed by atoms with van der Waals surface area (Å²) in [5.41, 5.74) is 4.19. The third-order valence-electron chi connectivity index (χ3n) is 4.95. The van der Waals surface area contributed by atoms with E-state index in [-0.39, 0.29) is 29.8 Å². The zero-order chi connectivity index (χ0) is 19.6. The van der Waals surface area contributed by atoms with Gasteiger partial charge in [0.25, 0.3) is 0 Å². The monoisotopic (exact) mass is 406 g/mol. The maximum atomic E-state index is 12.4. The molecule has 5 nitrogen and oxygen atoms in total. The fourth-order valence-electron chi connectivity index (χ4n) is 3.27. The Morgan fingerprint density at radius 2 is 1.93 bits per heavy atom. The van der Waals surface area contributed by atoms with Gasteiger partial charge in [0.2, 0.25) is 15.9 Å². The average Bonchev–Trinajstić information content (AvgIpc) is 2.98. The molecule has 1 aliphatic rings. The van der Waals surface area contributed by atoms with Crippen molar-refractivity contribution in [2.24, 2.45) is 0 Å². The number of benzene rings is 2. The van der Waals surface area contributed by atoms with Crippen LogP contribution in [0.2, 0.25) is 5.02 Å². The average molecular weight is 407 g/mol. The molecule has 0 bridgehead atoms. The highest BCUT2D eigenvalue weighted by Crippen LogP contribution is 2.32. The highest BCUT2D eigenvalue weighted by atomic mass is 35.5. The van der Waals surface area contributed by atoms with Crippen LogP contribution in [-0.4, -0.2) is 20.9 Å². The first-order valence-corrected chi connectivity index (χ1v) is 10.8. The number of halogens is 1. The molecular weight excluding hydrogens is 384 g/mol. The minimum Gasteiger partial charge on any atom is -0.349 e. The Morgan fingerprint density at radius 3 is 2.67 bits per heavy atom. The Kier molecular flexibility index (Phi) is 5.89. The van der Waals surface area contributed by atoms with Gasteiger partial charge in [-0.25, -0.2) is 13.1 Å². The molecule has 1 amide bonds. The second-order valence-corrected chi connectivity index (χ2v) is 9.10. The normalized spacial score (nSPS) is 16.2. The van der Waals surface area contributed by atoms with Crippen molar-refractivity contribution in [3.8, 4) is 0 Å². The topological polar surface area (TPSA) is 75.3 Å². The van der Waals surface area contributed by atoms with Crippen molar-refractivity contribution in [3.05, 3.63) is 63.7 Å². The number of hydrogen-bond donors (Lipinski definition) is 2. The molecule has 2 aromatic rings. The summed E-state index contributed by atoms with van der Waals surface area (Å²) in [6, 6.07) is 10.6. The van der Waals surface area contributed by atoms with Crippen LogP contribution in [-0.2, 0) is 21.2 Å². The molecule has 1 aliphatic carbocycles. The van der Waals surface area contributed by atoms with Gasteiger partial charge in [0.05, 0.1) is 10.9 Å². The molecule has 0 saturated heterocycles. The Labute approximate surface area is 165 Å². The second kappa shape index (κ2) is 8.00. The van der Waals surface area contributed by atoms with Crippen molar-refractivity contribution in [1.82, 2.24) is 10.0 Å². The van der Waals surface area contributed by atoms with Gasteiger partial charge in [-0.15, -0.1) is 0 Å². The van der Waals surface area contributed by atoms with Crippen LogP contribution >= 0.6 is 11.6 Å². The SMILES string of the molecule is Cc1ccc(S(=O)(=O)NCCC(=O)NC2CCc3cc(Cl)ccc32)cc1C. The number of hydrogen-bond acceptors (Lipinski definition) is 3. The molecule has 1 atom stereocenters. The van der Waals surface area contributed by atoms with E-state index in [4.69, 9.17) is 11.6 Å². The third-order valence-corrected chi connectivity index (χ3v) is 6.64. The summed E-state index contributed by atoms with van der Waals surface area (Å²) in [6.45, 7) is 3.86. The fraction of sp³-hybridized carbons (Fsp3) is 0.350. The van der Waals surface area contributed by atoms with E-state index in [1.807, 2.05) is 32.0 Å². The molecule has 2 N–H and O–H groups in total. The van der Waals surface area contributed by atoms with Gasteiger partial charge in [0, 0.05) is 18.0 Å². The minimum absolute atomic E-state index is 0.0406. The number of rotatable bonds is 6. The van der Waals surface area contributed by atoms with E-state index in [1.54, 1.807) is 18.2 Å². The summed E-state index contributed by atoms with van der Waals surface area (Å²) in [5, 5.41) is 3.68. The maximum absolute atomic E-state index is 12.4. The number of amides is 1. The van der Waals surface area contributed by atoms with Gasteiger partial charge in [-0.1, -0.05) is 23.7 Å². The summed E-state index contributed by atoms with van der Waals surface area (Å²) in [4.78, 5) is 12.4. The summed E-state index contributed by atoms with van der Waals surface area (Å²) < 4.78 is 27.2. The summed E-state index contributed by atoms with van der Waals surface area (Å²) in [7, 11) is -3.62. The quantitative estimate of drug-likeness (QED) is 0.771. The van der Waals surface area contributed by atoms with Gasteiger partial charge >= 0.3 is 0 Å². The lowest BCUT2D eigenvalue weighted by Gasteiger charge is -2.14. The van der Waals surface area contributed by atoms with Crippen molar-refractivity contribution >= 4 is 27.5 Å². The molecule has 0 saturated carbocycles. The molecule has 0 fully saturated rings. The largest absolute Gasteiger partial charge is 0.349 e. The van der Waals surface area contributed by atoms with Crippen molar-refractivity contribution in [3.63, 3.8) is 0 Å². The van der Waals surface area contributed by atoms with Crippen molar-refractivity contribution < 1.29 is 13.2 Å². The number of nitrogens with one attached hydrogen (secondary N) is 2. The van der Waals surface area contributed by atoms with Gasteiger partial charge < -0.3 is 5.32 Å². The molecule has 144 valence electrons. The molecule has 2 aromatic carbocycles. The van der Waals surface area contributed by atoms with E-state index in [9.17, 15) is 13.2 Å². The highest BCUT2D eigenvalue weighted by Gasteiger charge is 2.24. The van der Waals surface area contributed by atoms with Gasteiger partial charge in [-0.05, 0) is 73.2 Å². The molecule has 0 heterocycles. The number of aryl methyl sites for hydroxylation is 3. The number of carbonyl (C=O) groups excluding carboxylic acids is 1. The molecule has 27 heavy (non-hydrogen) atoms. The predicted octanol–water partition coefficient (Wildman–Crippen LogP) is 3.43. The lowest BCUT2D eigenvalue weighted by molar-refractivity contribution is -0.121. The first-order chi connectivity index (χ1) is 12.8. The van der Waals surface area contributed by atoms with E-state index in [0.29, 0.717) is 5.02 Å². The van der Waals surface area contributed by atoms with E-state index in [1.165, 1.54) is 0 Å². The molecule has 0 spiro atoms. The summed E-state index contributed by atoms with van der Waals surface area (Å²) >= 11 is 6.00. The van der Waals surface area contributed by atoms with E-state index in [0.717, 1.165) is 35.1 Å². The lowest BCUT2D eigenvalue weighted by atomic mass is 10.1.